The van der Waals surface area contributed by atoms with Crippen LogP contribution in [0.25, 0.3) is 0 Å². The minimum atomic E-state index is 0.156. The van der Waals surface area contributed by atoms with Gasteiger partial charge in [-0.05, 0) is 44.7 Å². The first-order valence-electron chi connectivity index (χ1n) is 10.8. The summed E-state index contributed by atoms with van der Waals surface area (Å²) in [6.07, 6.45) is 5.01. The molecule has 0 radical (unpaired) electrons. The molecular weight excluding hydrogens is 350 g/mol. The van der Waals surface area contributed by atoms with Crippen LogP contribution in [0.3, 0.4) is 0 Å². The van der Waals surface area contributed by atoms with E-state index in [0.29, 0.717) is 24.1 Å². The molecule has 3 unspecified atom stereocenters. The maximum Gasteiger partial charge on any atom is 0.191 e. The van der Waals surface area contributed by atoms with Gasteiger partial charge in [-0.1, -0.05) is 19.9 Å². The summed E-state index contributed by atoms with van der Waals surface area (Å²) in [6, 6.07) is 7.14. The quantitative estimate of drug-likeness (QED) is 0.619. The number of ether oxygens (including phenoxy) is 1. The van der Waals surface area contributed by atoms with Crippen molar-refractivity contribution in [2.75, 3.05) is 31.6 Å². The van der Waals surface area contributed by atoms with Gasteiger partial charge < -0.3 is 20.3 Å². The Balaban J connectivity index is 1.30. The number of hydrogen-bond acceptors (Lipinski definition) is 4. The van der Waals surface area contributed by atoms with Crippen molar-refractivity contribution in [3.8, 4) is 0 Å². The Morgan fingerprint density at radius 3 is 2.71 bits per heavy atom. The summed E-state index contributed by atoms with van der Waals surface area (Å²) in [5.74, 6) is 2.64. The number of rotatable bonds is 3. The van der Waals surface area contributed by atoms with Gasteiger partial charge in [-0.2, -0.15) is 0 Å². The lowest BCUT2D eigenvalue weighted by atomic mass is 9.55. The van der Waals surface area contributed by atoms with Crippen LogP contribution in [0.15, 0.2) is 23.2 Å². The Labute approximate surface area is 169 Å². The van der Waals surface area contributed by atoms with E-state index in [1.54, 1.807) is 0 Å². The van der Waals surface area contributed by atoms with Gasteiger partial charge in [0, 0.05) is 55.9 Å². The van der Waals surface area contributed by atoms with Crippen LogP contribution in [-0.4, -0.2) is 55.9 Å². The zero-order chi connectivity index (χ0) is 19.7. The number of aromatic nitrogens is 1. The summed E-state index contributed by atoms with van der Waals surface area (Å²) in [5.41, 5.74) is 1.23. The molecule has 3 aliphatic rings. The van der Waals surface area contributed by atoms with Crippen LogP contribution in [0, 0.1) is 18.3 Å². The number of nitrogens with one attached hydrogen (secondary N) is 2. The van der Waals surface area contributed by atoms with Crippen molar-refractivity contribution in [2.45, 2.75) is 64.6 Å². The molecule has 28 heavy (non-hydrogen) atoms. The molecule has 3 fully saturated rings. The molecule has 3 atom stereocenters. The van der Waals surface area contributed by atoms with Gasteiger partial charge in [0.05, 0.1) is 6.10 Å². The molecule has 6 nitrogen and oxygen atoms in total. The molecule has 3 heterocycles. The number of aryl methyl sites for hydroxylation is 1. The molecule has 1 aromatic heterocycles. The largest absolute Gasteiger partial charge is 0.377 e. The lowest BCUT2D eigenvalue weighted by molar-refractivity contribution is -0.188. The zero-order valence-corrected chi connectivity index (χ0v) is 17.7. The fraction of sp³-hybridized carbons (Fsp3) is 0.727. The van der Waals surface area contributed by atoms with Crippen molar-refractivity contribution < 1.29 is 4.74 Å². The van der Waals surface area contributed by atoms with Gasteiger partial charge in [0.2, 0.25) is 0 Å². The maximum atomic E-state index is 6.04. The van der Waals surface area contributed by atoms with E-state index in [4.69, 9.17) is 4.74 Å². The van der Waals surface area contributed by atoms with Crippen LogP contribution in [0.1, 0.15) is 45.2 Å². The summed E-state index contributed by atoms with van der Waals surface area (Å²) in [4.78, 5) is 11.6. The minimum Gasteiger partial charge on any atom is -0.377 e. The molecule has 1 saturated carbocycles. The van der Waals surface area contributed by atoms with Crippen molar-refractivity contribution in [1.82, 2.24) is 15.6 Å². The van der Waals surface area contributed by atoms with E-state index in [9.17, 15) is 0 Å². The summed E-state index contributed by atoms with van der Waals surface area (Å²) in [5, 5.41) is 7.40. The predicted molar refractivity (Wildman–Crippen MR) is 114 cm³/mol. The van der Waals surface area contributed by atoms with Crippen LogP contribution >= 0.6 is 0 Å². The maximum absolute atomic E-state index is 6.04. The number of pyridine rings is 1. The Bertz CT molecular complexity index is 711. The van der Waals surface area contributed by atoms with E-state index in [-0.39, 0.29) is 5.41 Å². The normalized spacial score (nSPS) is 30.4. The standard InChI is InChI=1S/C22H35N5O/c1-15-7-5-9-18(24-15)27-12-10-16(11-13-27)25-21(23-4)26-19-17-8-6-14-28-20(17)22(19,2)3/h5,7,9,16-17,19-20H,6,8,10-14H2,1-4H3,(H2,23,25,26). The van der Waals surface area contributed by atoms with E-state index in [1.807, 2.05) is 7.05 Å². The van der Waals surface area contributed by atoms with Crippen molar-refractivity contribution in [3.63, 3.8) is 0 Å². The van der Waals surface area contributed by atoms with E-state index >= 15 is 0 Å². The first-order chi connectivity index (χ1) is 13.5. The highest BCUT2D eigenvalue weighted by Gasteiger charge is 2.58. The smallest absolute Gasteiger partial charge is 0.191 e. The molecule has 0 spiro atoms. The van der Waals surface area contributed by atoms with Crippen molar-refractivity contribution in [3.05, 3.63) is 23.9 Å². The van der Waals surface area contributed by atoms with Gasteiger partial charge >= 0.3 is 0 Å². The van der Waals surface area contributed by atoms with Gasteiger partial charge in [0.25, 0.3) is 0 Å². The topological polar surface area (TPSA) is 61.8 Å². The van der Waals surface area contributed by atoms with Gasteiger partial charge in [-0.25, -0.2) is 4.98 Å². The molecule has 154 valence electrons. The first kappa shape index (κ1) is 19.5. The highest BCUT2D eigenvalue weighted by atomic mass is 16.5. The number of piperidine rings is 1. The van der Waals surface area contributed by atoms with Crippen LogP contribution in [0.5, 0.6) is 0 Å². The Kier molecular flexibility index (Phi) is 5.50. The second kappa shape index (κ2) is 7.90. The molecule has 0 amide bonds. The van der Waals surface area contributed by atoms with Gasteiger partial charge in [-0.15, -0.1) is 0 Å². The zero-order valence-electron chi connectivity index (χ0n) is 17.7. The Morgan fingerprint density at radius 2 is 2.00 bits per heavy atom. The Morgan fingerprint density at radius 1 is 1.21 bits per heavy atom. The summed E-state index contributed by atoms with van der Waals surface area (Å²) < 4.78 is 6.04. The second-order valence-electron chi connectivity index (χ2n) is 9.16. The van der Waals surface area contributed by atoms with Crippen LogP contribution in [-0.2, 0) is 4.74 Å². The highest BCUT2D eigenvalue weighted by Crippen LogP contribution is 2.51. The molecular formula is C22H35N5O. The fourth-order valence-electron chi connectivity index (χ4n) is 5.28. The number of guanidine groups is 1. The molecule has 2 saturated heterocycles. The molecule has 1 aliphatic carbocycles. The van der Waals surface area contributed by atoms with E-state index in [2.05, 4.69) is 64.5 Å². The number of fused-ring (bicyclic) bond motifs is 1. The van der Waals surface area contributed by atoms with Crippen LogP contribution in [0.2, 0.25) is 0 Å². The monoisotopic (exact) mass is 385 g/mol. The van der Waals surface area contributed by atoms with E-state index in [0.717, 1.165) is 50.0 Å². The van der Waals surface area contributed by atoms with Gasteiger partial charge in [0.1, 0.15) is 5.82 Å². The molecule has 2 aliphatic heterocycles. The fourth-order valence-corrected chi connectivity index (χ4v) is 5.28. The number of anilines is 1. The molecule has 2 N–H and O–H groups in total. The molecule has 6 heteroatoms. The lowest BCUT2D eigenvalue weighted by Crippen LogP contribution is -2.71. The van der Waals surface area contributed by atoms with E-state index in [1.165, 1.54) is 12.8 Å². The third-order valence-corrected chi connectivity index (χ3v) is 6.88. The lowest BCUT2D eigenvalue weighted by Gasteiger charge is -2.60. The van der Waals surface area contributed by atoms with Gasteiger partial charge in [0.15, 0.2) is 5.96 Å². The van der Waals surface area contributed by atoms with Crippen molar-refractivity contribution in [2.24, 2.45) is 16.3 Å². The predicted octanol–water partition coefficient (Wildman–Crippen LogP) is 2.73. The first-order valence-corrected chi connectivity index (χ1v) is 10.8. The second-order valence-corrected chi connectivity index (χ2v) is 9.16. The summed E-state index contributed by atoms with van der Waals surface area (Å²) in [7, 11) is 1.88. The van der Waals surface area contributed by atoms with Gasteiger partial charge in [-0.3, -0.25) is 4.99 Å². The molecule has 4 rings (SSSR count). The third-order valence-electron chi connectivity index (χ3n) is 6.88. The van der Waals surface area contributed by atoms with Crippen molar-refractivity contribution >= 4 is 11.8 Å². The number of hydrogen-bond donors (Lipinski definition) is 2. The van der Waals surface area contributed by atoms with Crippen LogP contribution < -0.4 is 15.5 Å². The number of nitrogens with zero attached hydrogens (tertiary/aromatic N) is 3. The number of aliphatic imine (C=N–C) groups is 1. The minimum absolute atomic E-state index is 0.156. The Hall–Kier alpha value is -1.82. The SMILES string of the molecule is CN=C(NC1CCN(c2cccc(C)n2)CC1)NC1C2CCCOC2C1(C)C. The molecule has 0 bridgehead atoms. The summed E-state index contributed by atoms with van der Waals surface area (Å²) in [6.45, 7) is 9.66. The third kappa shape index (κ3) is 3.71. The van der Waals surface area contributed by atoms with E-state index < -0.39 is 0 Å². The molecule has 1 aromatic rings. The highest BCUT2D eigenvalue weighted by molar-refractivity contribution is 5.80. The van der Waals surface area contributed by atoms with Crippen LogP contribution in [0.4, 0.5) is 5.82 Å². The van der Waals surface area contributed by atoms with Crippen molar-refractivity contribution in [1.29, 1.82) is 0 Å². The molecule has 0 aromatic carbocycles. The summed E-state index contributed by atoms with van der Waals surface area (Å²) >= 11 is 0. The average Bonchev–Trinajstić information content (AvgIpc) is 2.71. The average molecular weight is 386 g/mol.